The molecule has 3 nitrogen and oxygen atoms in total. The minimum atomic E-state index is 0.599. The van der Waals surface area contributed by atoms with Gasteiger partial charge >= 0.3 is 0 Å². The smallest absolute Gasteiger partial charge is 0.0953 e. The van der Waals surface area contributed by atoms with Gasteiger partial charge < -0.3 is 9.88 Å². The van der Waals surface area contributed by atoms with E-state index in [0.29, 0.717) is 6.04 Å². The predicted octanol–water partition coefficient (Wildman–Crippen LogP) is 2.93. The van der Waals surface area contributed by atoms with E-state index in [4.69, 9.17) is 0 Å². The van der Waals surface area contributed by atoms with Crippen molar-refractivity contribution in [1.29, 1.82) is 0 Å². The second-order valence-corrected chi connectivity index (χ2v) is 5.31. The van der Waals surface area contributed by atoms with Crippen molar-refractivity contribution in [3.05, 3.63) is 29.4 Å². The van der Waals surface area contributed by atoms with E-state index in [-0.39, 0.29) is 0 Å². The van der Waals surface area contributed by atoms with Crippen LogP contribution in [-0.4, -0.2) is 22.6 Å². The van der Waals surface area contributed by atoms with E-state index in [0.717, 1.165) is 13.1 Å². The van der Waals surface area contributed by atoms with Gasteiger partial charge in [0.25, 0.3) is 0 Å². The summed E-state index contributed by atoms with van der Waals surface area (Å²) in [4.78, 5) is 4.33. The van der Waals surface area contributed by atoms with Crippen molar-refractivity contribution in [3.63, 3.8) is 0 Å². The molecule has 1 unspecified atom stereocenters. The van der Waals surface area contributed by atoms with Gasteiger partial charge in [0, 0.05) is 17.0 Å². The van der Waals surface area contributed by atoms with Gasteiger partial charge in [-0.15, -0.1) is 0 Å². The molecule has 17 heavy (non-hydrogen) atoms. The van der Waals surface area contributed by atoms with Crippen molar-refractivity contribution < 1.29 is 0 Å². The number of hydrogen-bond acceptors (Lipinski definition) is 3. The summed E-state index contributed by atoms with van der Waals surface area (Å²) in [6.07, 6.45) is 7.68. The van der Waals surface area contributed by atoms with E-state index >= 15 is 0 Å². The normalized spacial score (nSPS) is 21.3. The average Bonchev–Trinajstić information content (AvgIpc) is 2.95. The highest BCUT2D eigenvalue weighted by Crippen LogP contribution is 2.28. The highest BCUT2D eigenvalue weighted by molar-refractivity contribution is 7.08. The van der Waals surface area contributed by atoms with Gasteiger partial charge in [0.15, 0.2) is 0 Å². The summed E-state index contributed by atoms with van der Waals surface area (Å²) >= 11 is 1.74. The fourth-order valence-corrected chi connectivity index (χ4v) is 3.16. The summed E-state index contributed by atoms with van der Waals surface area (Å²) in [6.45, 7) is 2.27. The molecule has 1 aliphatic rings. The molecule has 0 amide bonds. The first-order chi connectivity index (χ1) is 8.45. The minimum absolute atomic E-state index is 0.599. The quantitative estimate of drug-likeness (QED) is 0.884. The van der Waals surface area contributed by atoms with Crippen LogP contribution in [-0.2, 0) is 0 Å². The molecule has 1 aliphatic heterocycles. The molecule has 90 valence electrons. The predicted molar refractivity (Wildman–Crippen MR) is 71.3 cm³/mol. The maximum atomic E-state index is 4.33. The SMILES string of the molecule is c1cc(-c2cncn2C2CCCNCC2)cs1. The van der Waals surface area contributed by atoms with E-state index in [1.807, 2.05) is 12.5 Å². The van der Waals surface area contributed by atoms with Gasteiger partial charge in [0.05, 0.1) is 18.2 Å². The molecule has 3 heterocycles. The molecule has 0 aliphatic carbocycles. The van der Waals surface area contributed by atoms with Gasteiger partial charge in [-0.05, 0) is 43.8 Å². The molecule has 0 aromatic carbocycles. The summed E-state index contributed by atoms with van der Waals surface area (Å²) < 4.78 is 2.36. The molecule has 4 heteroatoms. The highest BCUT2D eigenvalue weighted by Gasteiger charge is 2.17. The van der Waals surface area contributed by atoms with Crippen molar-refractivity contribution in [2.24, 2.45) is 0 Å². The third-order valence-electron chi connectivity index (χ3n) is 3.42. The van der Waals surface area contributed by atoms with E-state index < -0.39 is 0 Å². The number of rotatable bonds is 2. The first-order valence-corrected chi connectivity index (χ1v) is 7.14. The standard InChI is InChI=1S/C13H17N3S/c1-2-12(3-6-14-5-1)16-10-15-8-13(16)11-4-7-17-9-11/h4,7-10,12,14H,1-3,5-6H2. The Morgan fingerprint density at radius 2 is 2.35 bits per heavy atom. The Kier molecular flexibility index (Phi) is 3.25. The topological polar surface area (TPSA) is 29.9 Å². The van der Waals surface area contributed by atoms with Gasteiger partial charge in [0.2, 0.25) is 0 Å². The van der Waals surface area contributed by atoms with Crippen molar-refractivity contribution in [3.8, 4) is 11.3 Å². The molecule has 0 bridgehead atoms. The largest absolute Gasteiger partial charge is 0.327 e. The first kappa shape index (κ1) is 11.0. The number of thiophene rings is 1. The third-order valence-corrected chi connectivity index (χ3v) is 4.10. The number of nitrogens with one attached hydrogen (secondary N) is 1. The molecule has 1 N–H and O–H groups in total. The van der Waals surface area contributed by atoms with Crippen molar-refractivity contribution in [2.45, 2.75) is 25.3 Å². The van der Waals surface area contributed by atoms with Crippen LogP contribution in [0, 0.1) is 0 Å². The summed E-state index contributed by atoms with van der Waals surface area (Å²) in [5.41, 5.74) is 2.56. The van der Waals surface area contributed by atoms with Crippen LogP contribution >= 0.6 is 11.3 Å². The summed E-state index contributed by atoms with van der Waals surface area (Å²) in [5, 5.41) is 7.78. The van der Waals surface area contributed by atoms with Crippen molar-refractivity contribution >= 4 is 11.3 Å². The van der Waals surface area contributed by atoms with E-state index in [1.165, 1.54) is 30.5 Å². The lowest BCUT2D eigenvalue weighted by molar-refractivity contribution is 0.457. The lowest BCUT2D eigenvalue weighted by Crippen LogP contribution is -2.15. The molecule has 2 aromatic rings. The van der Waals surface area contributed by atoms with Crippen LogP contribution in [0.2, 0.25) is 0 Å². The fraction of sp³-hybridized carbons (Fsp3) is 0.462. The lowest BCUT2D eigenvalue weighted by atomic mass is 10.1. The van der Waals surface area contributed by atoms with E-state index in [1.54, 1.807) is 11.3 Å². The van der Waals surface area contributed by atoms with E-state index in [9.17, 15) is 0 Å². The van der Waals surface area contributed by atoms with Crippen LogP contribution < -0.4 is 5.32 Å². The molecular formula is C13H17N3S. The maximum Gasteiger partial charge on any atom is 0.0953 e. The molecule has 1 atom stereocenters. The zero-order valence-corrected chi connectivity index (χ0v) is 10.6. The van der Waals surface area contributed by atoms with Gasteiger partial charge in [-0.3, -0.25) is 0 Å². The number of nitrogens with zero attached hydrogens (tertiary/aromatic N) is 2. The summed E-state index contributed by atoms with van der Waals surface area (Å²) in [6, 6.07) is 2.77. The molecule has 1 saturated heterocycles. The Bertz CT molecular complexity index is 453. The van der Waals surface area contributed by atoms with E-state index in [2.05, 4.69) is 31.7 Å². The minimum Gasteiger partial charge on any atom is -0.327 e. The van der Waals surface area contributed by atoms with Crippen LogP contribution in [0.1, 0.15) is 25.3 Å². The second kappa shape index (κ2) is 5.02. The Balaban J connectivity index is 1.90. The number of imidazole rings is 1. The maximum absolute atomic E-state index is 4.33. The fourth-order valence-electron chi connectivity index (χ4n) is 2.51. The van der Waals surface area contributed by atoms with Crippen LogP contribution in [0.3, 0.4) is 0 Å². The first-order valence-electron chi connectivity index (χ1n) is 6.20. The van der Waals surface area contributed by atoms with Crippen LogP contribution in [0.25, 0.3) is 11.3 Å². The van der Waals surface area contributed by atoms with Gasteiger partial charge in [-0.2, -0.15) is 11.3 Å². The number of aromatic nitrogens is 2. The zero-order valence-electron chi connectivity index (χ0n) is 9.80. The monoisotopic (exact) mass is 247 g/mol. The third kappa shape index (κ3) is 2.28. The summed E-state index contributed by atoms with van der Waals surface area (Å²) in [5.74, 6) is 0. The Morgan fingerprint density at radius 3 is 3.24 bits per heavy atom. The Hall–Kier alpha value is -1.13. The molecule has 0 radical (unpaired) electrons. The molecular weight excluding hydrogens is 230 g/mol. The number of hydrogen-bond donors (Lipinski definition) is 1. The lowest BCUT2D eigenvalue weighted by Gasteiger charge is -2.18. The summed E-state index contributed by atoms with van der Waals surface area (Å²) in [7, 11) is 0. The van der Waals surface area contributed by atoms with Crippen LogP contribution in [0.15, 0.2) is 29.4 Å². The molecule has 3 rings (SSSR count). The van der Waals surface area contributed by atoms with Crippen LogP contribution in [0.5, 0.6) is 0 Å². The zero-order chi connectivity index (χ0) is 11.5. The molecule has 0 saturated carbocycles. The van der Waals surface area contributed by atoms with Gasteiger partial charge in [0.1, 0.15) is 0 Å². The van der Waals surface area contributed by atoms with Gasteiger partial charge in [-0.1, -0.05) is 0 Å². The molecule has 0 spiro atoms. The second-order valence-electron chi connectivity index (χ2n) is 4.53. The van der Waals surface area contributed by atoms with Crippen molar-refractivity contribution in [2.75, 3.05) is 13.1 Å². The van der Waals surface area contributed by atoms with Crippen LogP contribution in [0.4, 0.5) is 0 Å². The Morgan fingerprint density at radius 1 is 1.35 bits per heavy atom. The molecule has 2 aromatic heterocycles. The van der Waals surface area contributed by atoms with Crippen molar-refractivity contribution in [1.82, 2.24) is 14.9 Å². The van der Waals surface area contributed by atoms with Gasteiger partial charge in [-0.25, -0.2) is 4.98 Å². The Labute approximate surface area is 106 Å². The highest BCUT2D eigenvalue weighted by atomic mass is 32.1. The average molecular weight is 247 g/mol. The molecule has 1 fully saturated rings.